The number of esters is 2. The summed E-state index contributed by atoms with van der Waals surface area (Å²) in [5.74, 6) is -0.609. The zero-order chi connectivity index (χ0) is 37.1. The van der Waals surface area contributed by atoms with Gasteiger partial charge in [-0.05, 0) is 77.0 Å². The second kappa shape index (κ2) is 42.3. The number of ether oxygens (including phenoxy) is 2. The van der Waals surface area contributed by atoms with E-state index in [-0.39, 0.29) is 25.2 Å². The number of aliphatic hydroxyl groups excluding tert-OH is 1. The fourth-order valence-corrected chi connectivity index (χ4v) is 6.03. The minimum Gasteiger partial charge on any atom is -0.462 e. The van der Waals surface area contributed by atoms with E-state index in [2.05, 4.69) is 62.5 Å². The molecule has 0 fully saturated rings. The van der Waals surface area contributed by atoms with E-state index >= 15 is 0 Å². The van der Waals surface area contributed by atoms with Gasteiger partial charge in [0.1, 0.15) is 6.61 Å². The highest BCUT2D eigenvalue weighted by Gasteiger charge is 2.16. The van der Waals surface area contributed by atoms with Gasteiger partial charge in [-0.1, -0.05) is 172 Å². The van der Waals surface area contributed by atoms with Gasteiger partial charge < -0.3 is 14.6 Å². The van der Waals surface area contributed by atoms with Gasteiger partial charge in [-0.25, -0.2) is 0 Å². The van der Waals surface area contributed by atoms with Crippen LogP contribution in [0.4, 0.5) is 0 Å². The average molecular weight is 715 g/mol. The summed E-state index contributed by atoms with van der Waals surface area (Å²) in [5.41, 5.74) is 0. The van der Waals surface area contributed by atoms with Crippen molar-refractivity contribution in [3.05, 3.63) is 48.6 Å². The molecule has 0 aliphatic rings. The summed E-state index contributed by atoms with van der Waals surface area (Å²) in [5, 5.41) is 9.58. The smallest absolute Gasteiger partial charge is 0.306 e. The van der Waals surface area contributed by atoms with Crippen molar-refractivity contribution >= 4 is 11.9 Å². The highest BCUT2D eigenvalue weighted by atomic mass is 16.6. The molecule has 0 aromatic heterocycles. The Bertz CT molecular complexity index is 858. The summed E-state index contributed by atoms with van der Waals surface area (Å²) >= 11 is 0. The number of carbonyl (C=O) groups is 2. The quantitative estimate of drug-likeness (QED) is 0.0390. The lowest BCUT2D eigenvalue weighted by Gasteiger charge is -2.15. The molecule has 1 atom stereocenters. The second-order valence-corrected chi connectivity index (χ2v) is 14.4. The largest absolute Gasteiger partial charge is 0.462 e. The lowest BCUT2D eigenvalue weighted by molar-refractivity contribution is -0.161. The van der Waals surface area contributed by atoms with Gasteiger partial charge in [0.15, 0.2) is 6.10 Å². The Kier molecular flexibility index (Phi) is 40.5. The zero-order valence-corrected chi connectivity index (χ0v) is 33.6. The topological polar surface area (TPSA) is 72.8 Å². The summed E-state index contributed by atoms with van der Waals surface area (Å²) in [6.45, 7) is 4.10. The standard InChI is InChI=1S/C46H82O5/c1-3-5-7-9-11-13-15-17-19-21-22-23-24-25-27-29-31-33-35-37-39-41-46(49)51-44(42-47)43-50-45(48)40-38-36-34-32-30-28-26-20-18-16-14-12-10-8-6-4-2/h14-17,20-22,26,44,47H,3-13,18-19,23-25,27-43H2,1-2H3/b16-14-,17-15-,22-21-,26-20-. The molecular formula is C46H82O5. The molecule has 0 aromatic carbocycles. The third-order valence-corrected chi connectivity index (χ3v) is 9.35. The van der Waals surface area contributed by atoms with Crippen molar-refractivity contribution in [3.63, 3.8) is 0 Å². The Morgan fingerprint density at radius 1 is 0.451 bits per heavy atom. The predicted octanol–water partition coefficient (Wildman–Crippen LogP) is 13.8. The molecule has 51 heavy (non-hydrogen) atoms. The SMILES string of the molecule is CCCCCC/C=C\C/C=C\CCCCCCCC(=O)OCC(CO)OC(=O)CCCCCCCCCCC/C=C\C/C=C\CCCCCCC. The predicted molar refractivity (Wildman–Crippen MR) is 219 cm³/mol. The highest BCUT2D eigenvalue weighted by Crippen LogP contribution is 2.13. The number of carbonyl (C=O) groups excluding carboxylic acids is 2. The third-order valence-electron chi connectivity index (χ3n) is 9.35. The molecule has 1 unspecified atom stereocenters. The molecule has 0 heterocycles. The Balaban J connectivity index is 3.56. The van der Waals surface area contributed by atoms with Gasteiger partial charge in [-0.2, -0.15) is 0 Å². The third kappa shape index (κ3) is 40.5. The van der Waals surface area contributed by atoms with Crippen molar-refractivity contribution in [1.82, 2.24) is 0 Å². The van der Waals surface area contributed by atoms with Gasteiger partial charge in [0.25, 0.3) is 0 Å². The molecule has 0 bridgehead atoms. The fraction of sp³-hybridized carbons (Fsp3) is 0.783. The molecule has 1 N–H and O–H groups in total. The van der Waals surface area contributed by atoms with Crippen molar-refractivity contribution in [2.75, 3.05) is 13.2 Å². The van der Waals surface area contributed by atoms with E-state index in [1.165, 1.54) is 128 Å². The van der Waals surface area contributed by atoms with E-state index in [9.17, 15) is 14.7 Å². The minimum atomic E-state index is -0.780. The van der Waals surface area contributed by atoms with Gasteiger partial charge in [0.2, 0.25) is 0 Å². The maximum absolute atomic E-state index is 12.2. The fourth-order valence-electron chi connectivity index (χ4n) is 6.03. The molecule has 0 aliphatic heterocycles. The van der Waals surface area contributed by atoms with Crippen LogP contribution < -0.4 is 0 Å². The number of allylic oxidation sites excluding steroid dienone is 8. The van der Waals surface area contributed by atoms with Crippen LogP contribution in [0.1, 0.15) is 213 Å². The lowest BCUT2D eigenvalue weighted by atomic mass is 10.1. The number of hydrogen-bond acceptors (Lipinski definition) is 5. The van der Waals surface area contributed by atoms with Crippen molar-refractivity contribution in [2.45, 2.75) is 219 Å². The molecule has 5 nitrogen and oxygen atoms in total. The maximum atomic E-state index is 12.2. The van der Waals surface area contributed by atoms with Gasteiger partial charge in [0.05, 0.1) is 6.61 Å². The Morgan fingerprint density at radius 3 is 1.18 bits per heavy atom. The highest BCUT2D eigenvalue weighted by molar-refractivity contribution is 5.70. The van der Waals surface area contributed by atoms with Crippen LogP contribution in [0.15, 0.2) is 48.6 Å². The first-order valence-corrected chi connectivity index (χ1v) is 21.7. The number of unbranched alkanes of at least 4 members (excludes halogenated alkanes) is 23. The van der Waals surface area contributed by atoms with Crippen LogP contribution in [-0.4, -0.2) is 36.4 Å². The van der Waals surface area contributed by atoms with Crippen LogP contribution in [0.5, 0.6) is 0 Å². The number of hydrogen-bond donors (Lipinski definition) is 1. The van der Waals surface area contributed by atoms with Crippen LogP contribution in [0, 0.1) is 0 Å². The van der Waals surface area contributed by atoms with Crippen LogP contribution >= 0.6 is 0 Å². The van der Waals surface area contributed by atoms with E-state index in [0.29, 0.717) is 12.8 Å². The monoisotopic (exact) mass is 715 g/mol. The number of aliphatic hydroxyl groups is 1. The normalized spacial score (nSPS) is 12.6. The van der Waals surface area contributed by atoms with Gasteiger partial charge in [-0.15, -0.1) is 0 Å². The molecule has 0 aliphatic carbocycles. The lowest BCUT2D eigenvalue weighted by Crippen LogP contribution is -2.28. The van der Waals surface area contributed by atoms with E-state index in [0.717, 1.165) is 57.8 Å². The summed E-state index contributed by atoms with van der Waals surface area (Å²) in [6.07, 6.45) is 53.2. The van der Waals surface area contributed by atoms with Crippen molar-refractivity contribution in [2.24, 2.45) is 0 Å². The van der Waals surface area contributed by atoms with Crippen molar-refractivity contribution in [3.8, 4) is 0 Å². The molecule has 0 saturated carbocycles. The molecule has 0 rings (SSSR count). The summed E-state index contributed by atoms with van der Waals surface area (Å²) in [4.78, 5) is 24.3. The Labute approximate surface area is 316 Å². The molecule has 0 aromatic rings. The van der Waals surface area contributed by atoms with Gasteiger partial charge in [0, 0.05) is 12.8 Å². The molecule has 0 spiro atoms. The van der Waals surface area contributed by atoms with Gasteiger partial charge in [-0.3, -0.25) is 9.59 Å². The second-order valence-electron chi connectivity index (χ2n) is 14.4. The zero-order valence-electron chi connectivity index (χ0n) is 33.6. The molecule has 0 radical (unpaired) electrons. The van der Waals surface area contributed by atoms with E-state index in [4.69, 9.17) is 9.47 Å². The first-order valence-electron chi connectivity index (χ1n) is 21.7. The van der Waals surface area contributed by atoms with E-state index in [1.807, 2.05) is 0 Å². The Morgan fingerprint density at radius 2 is 0.784 bits per heavy atom. The maximum Gasteiger partial charge on any atom is 0.306 e. The molecule has 0 saturated heterocycles. The summed E-state index contributed by atoms with van der Waals surface area (Å²) in [6, 6.07) is 0. The first kappa shape index (κ1) is 48.9. The summed E-state index contributed by atoms with van der Waals surface area (Å²) in [7, 11) is 0. The Hall–Kier alpha value is -2.14. The minimum absolute atomic E-state index is 0.0750. The van der Waals surface area contributed by atoms with Crippen molar-refractivity contribution < 1.29 is 24.2 Å². The average Bonchev–Trinajstić information content (AvgIpc) is 3.13. The molecule has 5 heteroatoms. The molecule has 296 valence electrons. The summed E-state index contributed by atoms with van der Waals surface area (Å²) < 4.78 is 10.6. The first-order chi connectivity index (χ1) is 25.1. The van der Waals surface area contributed by atoms with Gasteiger partial charge >= 0.3 is 11.9 Å². The van der Waals surface area contributed by atoms with Crippen LogP contribution in [0.2, 0.25) is 0 Å². The van der Waals surface area contributed by atoms with E-state index in [1.54, 1.807) is 0 Å². The van der Waals surface area contributed by atoms with E-state index < -0.39 is 6.10 Å². The molecule has 0 amide bonds. The van der Waals surface area contributed by atoms with Crippen molar-refractivity contribution in [1.29, 1.82) is 0 Å². The number of rotatable bonds is 39. The van der Waals surface area contributed by atoms with Crippen LogP contribution in [-0.2, 0) is 19.1 Å². The van der Waals surface area contributed by atoms with Crippen LogP contribution in [0.25, 0.3) is 0 Å². The molecular weight excluding hydrogens is 633 g/mol. The van der Waals surface area contributed by atoms with Crippen LogP contribution in [0.3, 0.4) is 0 Å².